The standard InChI is InChI=1S/C16H34.C5H11NO3/c1-3-5-7-9-11-13-15-16-14-12-10-8-6-4-2;1-5(2)3-4-9-6(7)8/h3-16H2,1-2H3;5H,3-4H2,1-2H3. The summed E-state index contributed by atoms with van der Waals surface area (Å²) in [5, 5.41) is 8.80. The molecule has 4 heteroatoms. The predicted octanol–water partition coefficient (Wildman–Crippen LogP) is 7.73. The zero-order valence-electron chi connectivity index (χ0n) is 17.6. The van der Waals surface area contributed by atoms with E-state index in [1.807, 2.05) is 13.8 Å². The van der Waals surface area contributed by atoms with Crippen molar-refractivity contribution in [2.24, 2.45) is 5.92 Å². The third kappa shape index (κ3) is 31.5. The van der Waals surface area contributed by atoms with Crippen LogP contribution in [-0.2, 0) is 4.84 Å². The Bertz CT molecular complexity index is 244. The zero-order chi connectivity index (χ0) is 19.2. The van der Waals surface area contributed by atoms with Gasteiger partial charge in [-0.2, -0.15) is 0 Å². The van der Waals surface area contributed by atoms with Crippen molar-refractivity contribution in [2.45, 2.75) is 124 Å². The van der Waals surface area contributed by atoms with E-state index in [0.29, 0.717) is 5.92 Å². The summed E-state index contributed by atoms with van der Waals surface area (Å²) < 4.78 is 0. The molecule has 152 valence electrons. The van der Waals surface area contributed by atoms with Crippen LogP contribution in [0.5, 0.6) is 0 Å². The van der Waals surface area contributed by atoms with Gasteiger partial charge in [-0.15, -0.1) is 10.1 Å². The fourth-order valence-electron chi connectivity index (χ4n) is 2.63. The third-order valence-corrected chi connectivity index (χ3v) is 4.35. The van der Waals surface area contributed by atoms with Gasteiger partial charge in [-0.05, 0) is 12.3 Å². The first-order valence-corrected chi connectivity index (χ1v) is 10.8. The summed E-state index contributed by atoms with van der Waals surface area (Å²) >= 11 is 0. The van der Waals surface area contributed by atoms with Gasteiger partial charge in [-0.1, -0.05) is 118 Å². The number of unbranched alkanes of at least 4 members (excludes halogenated alkanes) is 13. The lowest BCUT2D eigenvalue weighted by molar-refractivity contribution is -0.758. The minimum atomic E-state index is -0.762. The van der Waals surface area contributed by atoms with Gasteiger partial charge in [0.15, 0.2) is 0 Å². The van der Waals surface area contributed by atoms with E-state index in [9.17, 15) is 10.1 Å². The molecule has 0 unspecified atom stereocenters. The Hall–Kier alpha value is -0.800. The largest absolute Gasteiger partial charge is 0.314 e. The molecule has 0 aliphatic rings. The highest BCUT2D eigenvalue weighted by Crippen LogP contribution is 2.12. The molecule has 0 amide bonds. The summed E-state index contributed by atoms with van der Waals surface area (Å²) in [6.07, 6.45) is 21.2. The van der Waals surface area contributed by atoms with Crippen molar-refractivity contribution in [3.05, 3.63) is 10.1 Å². The maximum absolute atomic E-state index is 9.56. The van der Waals surface area contributed by atoms with Crippen LogP contribution in [0.2, 0.25) is 0 Å². The lowest BCUT2D eigenvalue weighted by Crippen LogP contribution is -2.04. The van der Waals surface area contributed by atoms with Crippen molar-refractivity contribution in [3.63, 3.8) is 0 Å². The molecule has 0 heterocycles. The maximum atomic E-state index is 9.56. The molecule has 0 N–H and O–H groups in total. The van der Waals surface area contributed by atoms with Crippen LogP contribution in [0, 0.1) is 16.0 Å². The minimum absolute atomic E-state index is 0.213. The molecule has 0 spiro atoms. The van der Waals surface area contributed by atoms with Crippen LogP contribution in [0.25, 0.3) is 0 Å². The van der Waals surface area contributed by atoms with Crippen molar-refractivity contribution in [3.8, 4) is 0 Å². The molecule has 0 aliphatic carbocycles. The van der Waals surface area contributed by atoms with E-state index < -0.39 is 5.09 Å². The van der Waals surface area contributed by atoms with E-state index in [1.54, 1.807) is 0 Å². The van der Waals surface area contributed by atoms with Gasteiger partial charge < -0.3 is 4.84 Å². The van der Waals surface area contributed by atoms with Crippen LogP contribution >= 0.6 is 0 Å². The second-order valence-corrected chi connectivity index (χ2v) is 7.48. The summed E-state index contributed by atoms with van der Waals surface area (Å²) in [4.78, 5) is 13.6. The first-order chi connectivity index (χ1) is 12.0. The van der Waals surface area contributed by atoms with E-state index >= 15 is 0 Å². The number of rotatable bonds is 17. The number of hydrogen-bond donors (Lipinski definition) is 0. The predicted molar refractivity (Wildman–Crippen MR) is 108 cm³/mol. The maximum Gasteiger partial charge on any atom is 0.294 e. The zero-order valence-corrected chi connectivity index (χ0v) is 17.6. The highest BCUT2D eigenvalue weighted by atomic mass is 16.9. The van der Waals surface area contributed by atoms with Gasteiger partial charge in [-0.25, -0.2) is 0 Å². The molecule has 0 aromatic heterocycles. The average molecular weight is 360 g/mol. The fourth-order valence-corrected chi connectivity index (χ4v) is 2.63. The molecule has 0 saturated carbocycles. The smallest absolute Gasteiger partial charge is 0.294 e. The van der Waals surface area contributed by atoms with Crippen molar-refractivity contribution < 1.29 is 9.92 Å². The topological polar surface area (TPSA) is 52.4 Å². The summed E-state index contributed by atoms with van der Waals surface area (Å²) in [5.41, 5.74) is 0. The van der Waals surface area contributed by atoms with Crippen LogP contribution in [0.4, 0.5) is 0 Å². The van der Waals surface area contributed by atoms with E-state index in [-0.39, 0.29) is 6.61 Å². The monoisotopic (exact) mass is 359 g/mol. The van der Waals surface area contributed by atoms with Crippen LogP contribution in [0.1, 0.15) is 124 Å². The molecule has 4 nitrogen and oxygen atoms in total. The third-order valence-electron chi connectivity index (χ3n) is 4.35. The Labute approximate surface area is 157 Å². The van der Waals surface area contributed by atoms with Gasteiger partial charge in [0.1, 0.15) is 0 Å². The van der Waals surface area contributed by atoms with E-state index in [0.717, 1.165) is 6.42 Å². The molecular formula is C21H45NO3. The first kappa shape index (κ1) is 26.4. The first-order valence-electron chi connectivity index (χ1n) is 10.8. The van der Waals surface area contributed by atoms with E-state index in [2.05, 4.69) is 18.7 Å². The summed E-state index contributed by atoms with van der Waals surface area (Å²) in [5.74, 6) is 0.463. The van der Waals surface area contributed by atoms with Gasteiger partial charge in [-0.3, -0.25) is 0 Å². The molecule has 0 fully saturated rings. The Morgan fingerprint density at radius 1 is 0.720 bits per heavy atom. The van der Waals surface area contributed by atoms with Gasteiger partial charge in [0.2, 0.25) is 0 Å². The van der Waals surface area contributed by atoms with Crippen molar-refractivity contribution in [2.75, 3.05) is 6.61 Å². The summed E-state index contributed by atoms with van der Waals surface area (Å²) in [6, 6.07) is 0. The molecule has 0 bridgehead atoms. The molecule has 25 heavy (non-hydrogen) atoms. The van der Waals surface area contributed by atoms with Crippen LogP contribution in [0.3, 0.4) is 0 Å². The van der Waals surface area contributed by atoms with Crippen molar-refractivity contribution >= 4 is 0 Å². The SMILES string of the molecule is CC(C)CCO[N+](=O)[O-].CCCCCCCCCCCCCCCC. The van der Waals surface area contributed by atoms with Gasteiger partial charge in [0, 0.05) is 0 Å². The van der Waals surface area contributed by atoms with Crippen LogP contribution < -0.4 is 0 Å². The van der Waals surface area contributed by atoms with Crippen LogP contribution in [-0.4, -0.2) is 11.7 Å². The quantitative estimate of drug-likeness (QED) is 0.152. The highest BCUT2D eigenvalue weighted by Gasteiger charge is 1.96. The lowest BCUT2D eigenvalue weighted by atomic mass is 10.0. The summed E-state index contributed by atoms with van der Waals surface area (Å²) in [6.45, 7) is 8.77. The molecule has 0 aliphatic heterocycles. The molecule has 0 rings (SSSR count). The van der Waals surface area contributed by atoms with E-state index in [1.165, 1.54) is 89.9 Å². The Balaban J connectivity index is 0. The van der Waals surface area contributed by atoms with Crippen molar-refractivity contribution in [1.29, 1.82) is 0 Å². The molecule has 0 atom stereocenters. The van der Waals surface area contributed by atoms with Crippen LogP contribution in [0.15, 0.2) is 0 Å². The van der Waals surface area contributed by atoms with Crippen molar-refractivity contribution in [1.82, 2.24) is 0 Å². The molecule has 0 radical (unpaired) electrons. The molecule has 0 saturated heterocycles. The number of hydrogen-bond acceptors (Lipinski definition) is 3. The second-order valence-electron chi connectivity index (χ2n) is 7.48. The average Bonchev–Trinajstić information content (AvgIpc) is 2.56. The van der Waals surface area contributed by atoms with E-state index in [4.69, 9.17) is 0 Å². The minimum Gasteiger partial charge on any atom is -0.314 e. The normalized spacial score (nSPS) is 10.4. The molecule has 0 aromatic carbocycles. The Kier molecular flexibility index (Phi) is 24.5. The molecule has 0 aromatic rings. The highest BCUT2D eigenvalue weighted by molar-refractivity contribution is 4.48. The fraction of sp³-hybridized carbons (Fsp3) is 1.00. The van der Waals surface area contributed by atoms with Gasteiger partial charge >= 0.3 is 0 Å². The lowest BCUT2D eigenvalue weighted by Gasteiger charge is -2.02. The Morgan fingerprint density at radius 3 is 1.28 bits per heavy atom. The molecular weight excluding hydrogens is 314 g/mol. The van der Waals surface area contributed by atoms with Gasteiger partial charge in [0.05, 0.1) is 6.61 Å². The second kappa shape index (κ2) is 23.2. The Morgan fingerprint density at radius 2 is 1.04 bits per heavy atom. The summed E-state index contributed by atoms with van der Waals surface area (Å²) in [7, 11) is 0. The number of nitrogens with zero attached hydrogens (tertiary/aromatic N) is 1. The van der Waals surface area contributed by atoms with Gasteiger partial charge in [0.25, 0.3) is 5.09 Å².